The number of hydrogen-bond acceptors (Lipinski definition) is 2. The number of anilines is 6. The Morgan fingerprint density at radius 1 is 0.246 bits per heavy atom. The standard InChI is InChI=1S/C66H55BrN2/c1-63(2)55-21-13-9-17-47(55)51-29-25-41(36-59(51)63)68(42-26-30-52-48-18-10-14-22-56(48)64(3,4)60(52)37-42)45-33-40(67)34-46(35-45)69(43-27-31-53-49-19-11-15-23-57(49)65(5,6)61(53)38-43)44-28-32-54-50-20-12-16-24-58(50)66(7,8)62(54)39-44/h9-39H,1-8H3. The van der Waals surface area contributed by atoms with Crippen molar-refractivity contribution in [1.82, 2.24) is 0 Å². The lowest BCUT2D eigenvalue weighted by Crippen LogP contribution is -2.19. The van der Waals surface area contributed by atoms with E-state index in [2.05, 4.69) is 269 Å². The Bertz CT molecular complexity index is 3210. The molecule has 336 valence electrons. The lowest BCUT2D eigenvalue weighted by Gasteiger charge is -2.32. The summed E-state index contributed by atoms with van der Waals surface area (Å²) < 4.78 is 1.01. The minimum atomic E-state index is -0.156. The fourth-order valence-corrected chi connectivity index (χ4v) is 13.5. The van der Waals surface area contributed by atoms with E-state index in [1.165, 1.54) is 89.0 Å². The van der Waals surface area contributed by atoms with Crippen LogP contribution in [0.25, 0.3) is 44.5 Å². The molecule has 0 amide bonds. The summed E-state index contributed by atoms with van der Waals surface area (Å²) in [6.07, 6.45) is 0. The lowest BCUT2D eigenvalue weighted by atomic mass is 9.82. The predicted octanol–water partition coefficient (Wildman–Crippen LogP) is 18.6. The van der Waals surface area contributed by atoms with Gasteiger partial charge in [0.2, 0.25) is 0 Å². The Morgan fingerprint density at radius 2 is 0.478 bits per heavy atom. The molecular formula is C66H55BrN2. The van der Waals surface area contributed by atoms with Gasteiger partial charge in [0.25, 0.3) is 0 Å². The van der Waals surface area contributed by atoms with Crippen molar-refractivity contribution in [3.05, 3.63) is 237 Å². The maximum Gasteiger partial charge on any atom is 0.0493 e. The van der Waals surface area contributed by atoms with Crippen molar-refractivity contribution in [1.29, 1.82) is 0 Å². The molecule has 9 aromatic carbocycles. The number of benzene rings is 9. The number of nitrogens with zero attached hydrogens (tertiary/aromatic N) is 2. The van der Waals surface area contributed by atoms with Crippen LogP contribution in [0.1, 0.15) is 99.9 Å². The molecule has 0 saturated carbocycles. The first-order valence-corrected chi connectivity index (χ1v) is 25.3. The molecule has 0 aliphatic heterocycles. The van der Waals surface area contributed by atoms with E-state index in [-0.39, 0.29) is 21.7 Å². The van der Waals surface area contributed by atoms with Gasteiger partial charge in [0.05, 0.1) is 0 Å². The zero-order valence-electron chi connectivity index (χ0n) is 40.7. The second-order valence-electron chi connectivity index (χ2n) is 21.9. The van der Waals surface area contributed by atoms with E-state index >= 15 is 0 Å². The Kier molecular flexibility index (Phi) is 8.89. The van der Waals surface area contributed by atoms with Crippen LogP contribution in [0.2, 0.25) is 0 Å². The molecule has 0 N–H and O–H groups in total. The normalized spacial score (nSPS) is 16.1. The van der Waals surface area contributed by atoms with Crippen molar-refractivity contribution < 1.29 is 0 Å². The van der Waals surface area contributed by atoms with Gasteiger partial charge in [0, 0.05) is 60.3 Å². The first-order chi connectivity index (χ1) is 33.1. The van der Waals surface area contributed by atoms with E-state index in [1.807, 2.05) is 0 Å². The second-order valence-corrected chi connectivity index (χ2v) is 22.9. The van der Waals surface area contributed by atoms with Crippen LogP contribution in [0.15, 0.2) is 193 Å². The van der Waals surface area contributed by atoms with Gasteiger partial charge in [-0.3, -0.25) is 0 Å². The van der Waals surface area contributed by atoms with Crippen LogP contribution in [0, 0.1) is 0 Å². The van der Waals surface area contributed by atoms with Crippen LogP contribution in [-0.2, 0) is 21.7 Å². The zero-order chi connectivity index (χ0) is 47.4. The Balaban J connectivity index is 1.03. The van der Waals surface area contributed by atoms with Gasteiger partial charge in [-0.25, -0.2) is 0 Å². The summed E-state index contributed by atoms with van der Waals surface area (Å²) in [5.41, 5.74) is 27.5. The Hall–Kier alpha value is -6.94. The van der Waals surface area contributed by atoms with Gasteiger partial charge in [-0.05, 0) is 156 Å². The molecule has 3 heteroatoms. The van der Waals surface area contributed by atoms with Crippen LogP contribution in [0.3, 0.4) is 0 Å². The second kappa shape index (κ2) is 14.5. The molecule has 4 aliphatic carbocycles. The largest absolute Gasteiger partial charge is 0.310 e. The van der Waals surface area contributed by atoms with Gasteiger partial charge in [0.1, 0.15) is 0 Å². The van der Waals surface area contributed by atoms with Crippen LogP contribution in [-0.4, -0.2) is 0 Å². The third kappa shape index (κ3) is 5.96. The number of hydrogen-bond donors (Lipinski definition) is 0. The third-order valence-electron chi connectivity index (χ3n) is 16.7. The van der Waals surface area contributed by atoms with Gasteiger partial charge in [0.15, 0.2) is 0 Å². The van der Waals surface area contributed by atoms with Crippen molar-refractivity contribution in [3.63, 3.8) is 0 Å². The molecule has 2 nitrogen and oxygen atoms in total. The van der Waals surface area contributed by atoms with Crippen LogP contribution in [0.5, 0.6) is 0 Å². The maximum atomic E-state index is 4.14. The van der Waals surface area contributed by atoms with Gasteiger partial charge in [-0.1, -0.05) is 193 Å². The van der Waals surface area contributed by atoms with Crippen LogP contribution in [0.4, 0.5) is 34.1 Å². The van der Waals surface area contributed by atoms with Crippen molar-refractivity contribution in [3.8, 4) is 44.5 Å². The van der Waals surface area contributed by atoms with E-state index < -0.39 is 0 Å². The lowest BCUT2D eigenvalue weighted by molar-refractivity contribution is 0.659. The fourth-order valence-electron chi connectivity index (χ4n) is 13.0. The smallest absolute Gasteiger partial charge is 0.0493 e. The average molecular weight is 956 g/mol. The highest BCUT2D eigenvalue weighted by atomic mass is 79.9. The molecule has 13 rings (SSSR count). The third-order valence-corrected chi connectivity index (χ3v) is 17.1. The highest BCUT2D eigenvalue weighted by Gasteiger charge is 2.40. The van der Waals surface area contributed by atoms with E-state index in [0.29, 0.717) is 0 Å². The summed E-state index contributed by atoms with van der Waals surface area (Å²) in [7, 11) is 0. The predicted molar refractivity (Wildman–Crippen MR) is 294 cm³/mol. The van der Waals surface area contributed by atoms with Crippen molar-refractivity contribution >= 4 is 50.1 Å². The van der Waals surface area contributed by atoms with Gasteiger partial charge >= 0.3 is 0 Å². The van der Waals surface area contributed by atoms with Crippen molar-refractivity contribution in [2.75, 3.05) is 9.80 Å². The molecule has 0 spiro atoms. The van der Waals surface area contributed by atoms with E-state index in [9.17, 15) is 0 Å². The quantitative estimate of drug-likeness (QED) is 0.164. The monoisotopic (exact) mass is 954 g/mol. The van der Waals surface area contributed by atoms with Gasteiger partial charge in [-0.15, -0.1) is 0 Å². The minimum Gasteiger partial charge on any atom is -0.310 e. The number of halogens is 1. The molecular weight excluding hydrogens is 901 g/mol. The summed E-state index contributed by atoms with van der Waals surface area (Å²) in [4.78, 5) is 4.99. The molecule has 0 saturated heterocycles. The fraction of sp³-hybridized carbons (Fsp3) is 0.182. The molecule has 0 bridgehead atoms. The van der Waals surface area contributed by atoms with Crippen LogP contribution < -0.4 is 9.80 Å². The topological polar surface area (TPSA) is 6.48 Å². The summed E-state index contributed by atoms with van der Waals surface area (Å²) in [5, 5.41) is 0. The summed E-state index contributed by atoms with van der Waals surface area (Å²) in [5.74, 6) is 0. The molecule has 0 aromatic heterocycles. The van der Waals surface area contributed by atoms with E-state index in [4.69, 9.17) is 0 Å². The highest BCUT2D eigenvalue weighted by Crippen LogP contribution is 2.56. The summed E-state index contributed by atoms with van der Waals surface area (Å²) >= 11 is 4.14. The molecule has 0 unspecified atom stereocenters. The molecule has 0 radical (unpaired) electrons. The highest BCUT2D eigenvalue weighted by molar-refractivity contribution is 9.10. The SMILES string of the molecule is CC1(C)c2ccccc2-c2ccc(N(c3cc(Br)cc(N(c4ccc5c(c4)C(C)(C)c4ccccc4-5)c4ccc5c(c4)C(C)(C)c4ccccc4-5)c3)c3ccc4c(c3)C(C)(C)c3ccccc3-4)cc21. The first kappa shape index (κ1) is 42.2. The molecule has 9 aromatic rings. The Morgan fingerprint density at radius 3 is 0.739 bits per heavy atom. The van der Waals surface area contributed by atoms with E-state index in [0.717, 1.165) is 38.6 Å². The van der Waals surface area contributed by atoms with Crippen LogP contribution >= 0.6 is 15.9 Å². The summed E-state index contributed by atoms with van der Waals surface area (Å²) in [6, 6.07) is 71.4. The molecule has 4 aliphatic rings. The average Bonchev–Trinajstić information content (AvgIpc) is 3.91. The number of rotatable bonds is 6. The van der Waals surface area contributed by atoms with Crippen molar-refractivity contribution in [2.24, 2.45) is 0 Å². The minimum absolute atomic E-state index is 0.156. The molecule has 0 heterocycles. The summed E-state index contributed by atoms with van der Waals surface area (Å²) in [6.45, 7) is 19.0. The van der Waals surface area contributed by atoms with Gasteiger partial charge in [-0.2, -0.15) is 0 Å². The molecule has 0 fully saturated rings. The Labute approximate surface area is 416 Å². The first-order valence-electron chi connectivity index (χ1n) is 24.5. The zero-order valence-corrected chi connectivity index (χ0v) is 42.3. The number of fused-ring (bicyclic) bond motifs is 12. The van der Waals surface area contributed by atoms with Gasteiger partial charge < -0.3 is 9.80 Å². The molecule has 69 heavy (non-hydrogen) atoms. The maximum absolute atomic E-state index is 4.14. The van der Waals surface area contributed by atoms with E-state index in [1.54, 1.807) is 0 Å². The molecule has 0 atom stereocenters. The van der Waals surface area contributed by atoms with Crippen molar-refractivity contribution in [2.45, 2.75) is 77.0 Å².